The number of aromatic nitrogens is 2. The molecule has 1 fully saturated rings. The number of hydrogen-bond donors (Lipinski definition) is 2. The lowest BCUT2D eigenvalue weighted by molar-refractivity contribution is 0.454. The lowest BCUT2D eigenvalue weighted by Crippen LogP contribution is -2.28. The van der Waals surface area contributed by atoms with Crippen LogP contribution in [0, 0.1) is 0 Å². The van der Waals surface area contributed by atoms with Crippen LogP contribution in [-0.2, 0) is 0 Å². The normalized spacial score (nSPS) is 22.9. The predicted octanol–water partition coefficient (Wildman–Crippen LogP) is 0.526. The Balaban J connectivity index is 2.14. The zero-order valence-corrected chi connectivity index (χ0v) is 7.53. The second-order valence-electron chi connectivity index (χ2n) is 3.38. The molecular weight excluding hydrogens is 164 g/mol. The molecule has 0 radical (unpaired) electrons. The van der Waals surface area contributed by atoms with Gasteiger partial charge in [0.2, 0.25) is 5.95 Å². The molecule has 1 atom stereocenters. The lowest BCUT2D eigenvalue weighted by atomic mass is 9.96. The van der Waals surface area contributed by atoms with E-state index in [4.69, 9.17) is 5.73 Å². The molecule has 0 aliphatic carbocycles. The first kappa shape index (κ1) is 8.44. The van der Waals surface area contributed by atoms with Crippen LogP contribution < -0.4 is 11.1 Å². The number of rotatable bonds is 1. The van der Waals surface area contributed by atoms with Gasteiger partial charge in [0.05, 0.1) is 5.69 Å². The third kappa shape index (κ3) is 1.95. The van der Waals surface area contributed by atoms with Gasteiger partial charge in [-0.3, -0.25) is 0 Å². The van der Waals surface area contributed by atoms with Gasteiger partial charge in [0.15, 0.2) is 0 Å². The molecule has 1 aromatic heterocycles. The van der Waals surface area contributed by atoms with E-state index >= 15 is 0 Å². The van der Waals surface area contributed by atoms with Gasteiger partial charge >= 0.3 is 0 Å². The molecule has 0 bridgehead atoms. The van der Waals surface area contributed by atoms with Crippen molar-refractivity contribution in [3.8, 4) is 0 Å². The van der Waals surface area contributed by atoms with E-state index in [2.05, 4.69) is 15.3 Å². The molecule has 1 aromatic rings. The highest BCUT2D eigenvalue weighted by molar-refractivity contribution is 5.20. The summed E-state index contributed by atoms with van der Waals surface area (Å²) in [5.74, 6) is 0.891. The number of nitrogen functional groups attached to an aromatic ring is 1. The molecule has 0 unspecified atom stereocenters. The maximum atomic E-state index is 5.52. The van der Waals surface area contributed by atoms with Gasteiger partial charge in [-0.2, -0.15) is 0 Å². The number of nitrogens with two attached hydrogens (primary N) is 1. The second-order valence-corrected chi connectivity index (χ2v) is 3.38. The Morgan fingerprint density at radius 3 is 3.15 bits per heavy atom. The van der Waals surface area contributed by atoms with Crippen molar-refractivity contribution in [2.24, 2.45) is 0 Å². The molecule has 1 aliphatic rings. The van der Waals surface area contributed by atoms with Crippen LogP contribution >= 0.6 is 0 Å². The fraction of sp³-hybridized carbons (Fsp3) is 0.556. The molecule has 0 saturated carbocycles. The molecule has 0 aromatic carbocycles. The van der Waals surface area contributed by atoms with Crippen molar-refractivity contribution < 1.29 is 0 Å². The van der Waals surface area contributed by atoms with Crippen LogP contribution in [-0.4, -0.2) is 23.1 Å². The summed E-state index contributed by atoms with van der Waals surface area (Å²) in [6.07, 6.45) is 4.14. The molecule has 0 spiro atoms. The SMILES string of the molecule is Nc1nccc([C@@H]2CCCNC2)n1. The van der Waals surface area contributed by atoms with Gasteiger partial charge in [-0.25, -0.2) is 9.97 Å². The smallest absolute Gasteiger partial charge is 0.220 e. The average Bonchev–Trinajstić information content (AvgIpc) is 2.19. The van der Waals surface area contributed by atoms with E-state index in [1.54, 1.807) is 6.20 Å². The van der Waals surface area contributed by atoms with E-state index in [0.717, 1.165) is 18.8 Å². The number of piperidine rings is 1. The van der Waals surface area contributed by atoms with Crippen molar-refractivity contribution in [2.45, 2.75) is 18.8 Å². The molecule has 70 valence electrons. The summed E-state index contributed by atoms with van der Waals surface area (Å²) in [4.78, 5) is 8.10. The van der Waals surface area contributed by atoms with Crippen LogP contribution in [0.4, 0.5) is 5.95 Å². The molecule has 13 heavy (non-hydrogen) atoms. The van der Waals surface area contributed by atoms with E-state index in [1.807, 2.05) is 6.07 Å². The van der Waals surface area contributed by atoms with Crippen LogP contribution in [0.15, 0.2) is 12.3 Å². The van der Waals surface area contributed by atoms with Gasteiger partial charge in [0.1, 0.15) is 0 Å². The van der Waals surface area contributed by atoms with Crippen LogP contribution in [0.1, 0.15) is 24.5 Å². The quantitative estimate of drug-likeness (QED) is 0.658. The van der Waals surface area contributed by atoms with Crippen molar-refractivity contribution in [1.82, 2.24) is 15.3 Å². The fourth-order valence-corrected chi connectivity index (χ4v) is 1.72. The summed E-state index contributed by atoms with van der Waals surface area (Å²) in [7, 11) is 0. The topological polar surface area (TPSA) is 63.8 Å². The highest BCUT2D eigenvalue weighted by Crippen LogP contribution is 2.20. The molecular formula is C9H14N4. The summed E-state index contributed by atoms with van der Waals surface area (Å²) < 4.78 is 0. The second kappa shape index (κ2) is 3.70. The largest absolute Gasteiger partial charge is 0.368 e. The van der Waals surface area contributed by atoms with Crippen molar-refractivity contribution >= 4 is 5.95 Å². The van der Waals surface area contributed by atoms with Crippen molar-refractivity contribution in [3.05, 3.63) is 18.0 Å². The maximum Gasteiger partial charge on any atom is 0.220 e. The molecule has 4 heteroatoms. The minimum atomic E-state index is 0.378. The Labute approximate surface area is 77.6 Å². The van der Waals surface area contributed by atoms with Crippen LogP contribution in [0.3, 0.4) is 0 Å². The lowest BCUT2D eigenvalue weighted by Gasteiger charge is -2.21. The van der Waals surface area contributed by atoms with Gasteiger partial charge in [0.25, 0.3) is 0 Å². The third-order valence-corrected chi connectivity index (χ3v) is 2.41. The third-order valence-electron chi connectivity index (χ3n) is 2.41. The summed E-state index contributed by atoms with van der Waals surface area (Å²) in [6, 6.07) is 1.95. The zero-order valence-electron chi connectivity index (χ0n) is 7.53. The minimum absolute atomic E-state index is 0.378. The van der Waals surface area contributed by atoms with E-state index in [1.165, 1.54) is 12.8 Å². The summed E-state index contributed by atoms with van der Waals surface area (Å²) in [5.41, 5.74) is 6.59. The van der Waals surface area contributed by atoms with Crippen LogP contribution in [0.2, 0.25) is 0 Å². The standard InChI is InChI=1S/C9H14N4/c10-9-12-5-3-8(13-9)7-2-1-4-11-6-7/h3,5,7,11H,1-2,4,6H2,(H2,10,12,13)/t7-/m1/s1. The van der Waals surface area contributed by atoms with Crippen molar-refractivity contribution in [2.75, 3.05) is 18.8 Å². The van der Waals surface area contributed by atoms with Gasteiger partial charge in [-0.15, -0.1) is 0 Å². The molecule has 2 rings (SSSR count). The molecule has 1 saturated heterocycles. The van der Waals surface area contributed by atoms with E-state index in [9.17, 15) is 0 Å². The monoisotopic (exact) mass is 178 g/mol. The fourth-order valence-electron chi connectivity index (χ4n) is 1.72. The highest BCUT2D eigenvalue weighted by Gasteiger charge is 2.16. The van der Waals surface area contributed by atoms with Crippen LogP contribution in [0.5, 0.6) is 0 Å². The van der Waals surface area contributed by atoms with Gasteiger partial charge in [0, 0.05) is 18.7 Å². The Morgan fingerprint density at radius 2 is 2.46 bits per heavy atom. The van der Waals surface area contributed by atoms with Gasteiger partial charge < -0.3 is 11.1 Å². The minimum Gasteiger partial charge on any atom is -0.368 e. The first-order valence-electron chi connectivity index (χ1n) is 4.65. The summed E-state index contributed by atoms with van der Waals surface area (Å²) >= 11 is 0. The number of hydrogen-bond acceptors (Lipinski definition) is 4. The Bertz CT molecular complexity index is 281. The Hall–Kier alpha value is -1.16. The highest BCUT2D eigenvalue weighted by atomic mass is 15.0. The zero-order chi connectivity index (χ0) is 9.10. The van der Waals surface area contributed by atoms with Crippen LogP contribution in [0.25, 0.3) is 0 Å². The Kier molecular flexibility index (Phi) is 2.40. The van der Waals surface area contributed by atoms with E-state index in [-0.39, 0.29) is 0 Å². The predicted molar refractivity (Wildman–Crippen MR) is 51.3 cm³/mol. The molecule has 2 heterocycles. The number of anilines is 1. The average molecular weight is 178 g/mol. The van der Waals surface area contributed by atoms with Gasteiger partial charge in [-0.05, 0) is 25.5 Å². The summed E-state index contributed by atoms with van der Waals surface area (Å²) in [5, 5.41) is 3.35. The maximum absolute atomic E-state index is 5.52. The molecule has 4 nitrogen and oxygen atoms in total. The van der Waals surface area contributed by atoms with Crippen molar-refractivity contribution in [3.63, 3.8) is 0 Å². The molecule has 3 N–H and O–H groups in total. The van der Waals surface area contributed by atoms with E-state index < -0.39 is 0 Å². The Morgan fingerprint density at radius 1 is 1.54 bits per heavy atom. The van der Waals surface area contributed by atoms with E-state index in [0.29, 0.717) is 11.9 Å². The van der Waals surface area contributed by atoms with Crippen molar-refractivity contribution in [1.29, 1.82) is 0 Å². The first-order chi connectivity index (χ1) is 6.36. The first-order valence-corrected chi connectivity index (χ1v) is 4.65. The number of nitrogens with one attached hydrogen (secondary N) is 1. The summed E-state index contributed by atoms with van der Waals surface area (Å²) in [6.45, 7) is 2.13. The molecule has 1 aliphatic heterocycles. The molecule has 0 amide bonds. The number of nitrogens with zero attached hydrogens (tertiary/aromatic N) is 2. The van der Waals surface area contributed by atoms with Gasteiger partial charge in [-0.1, -0.05) is 0 Å².